The summed E-state index contributed by atoms with van der Waals surface area (Å²) in [5.41, 5.74) is 2.58. The molecular formula is C24H18ClFN4O2. The Morgan fingerprint density at radius 1 is 1.03 bits per heavy atom. The standard InChI is InChI=1S/C24H18ClFN4O2/c25-18-13-16(6-8-21(18)32-22-4-2-1-3-19(22)26)30-24-17-11-15(12-23-27-9-10-31-23)5-7-20(17)28-14-29-24/h1-8,11,13-14H,9-10,12H2,(H,28,29,30). The van der Waals surface area contributed by atoms with Crippen LogP contribution in [-0.2, 0) is 11.2 Å². The van der Waals surface area contributed by atoms with Crippen molar-refractivity contribution < 1.29 is 13.9 Å². The summed E-state index contributed by atoms with van der Waals surface area (Å²) in [6.07, 6.45) is 2.13. The largest absolute Gasteiger partial charge is 0.479 e. The number of nitrogens with zero attached hydrogens (tertiary/aromatic N) is 3. The van der Waals surface area contributed by atoms with Crippen LogP contribution in [0.1, 0.15) is 5.56 Å². The van der Waals surface area contributed by atoms with E-state index in [4.69, 9.17) is 21.1 Å². The van der Waals surface area contributed by atoms with Crippen molar-refractivity contribution >= 4 is 39.9 Å². The van der Waals surface area contributed by atoms with Gasteiger partial charge in [0, 0.05) is 17.5 Å². The van der Waals surface area contributed by atoms with Gasteiger partial charge in [-0.1, -0.05) is 29.8 Å². The minimum Gasteiger partial charge on any atom is -0.479 e. The van der Waals surface area contributed by atoms with E-state index < -0.39 is 5.82 Å². The summed E-state index contributed by atoms with van der Waals surface area (Å²) in [5.74, 6) is 1.40. The van der Waals surface area contributed by atoms with Crippen molar-refractivity contribution in [1.82, 2.24) is 9.97 Å². The lowest BCUT2D eigenvalue weighted by molar-refractivity contribution is 0.341. The molecule has 0 saturated heterocycles. The van der Waals surface area contributed by atoms with Crippen molar-refractivity contribution in [2.75, 3.05) is 18.5 Å². The Hall–Kier alpha value is -3.71. The fraction of sp³-hybridized carbons (Fsp3) is 0.125. The van der Waals surface area contributed by atoms with Gasteiger partial charge in [-0.15, -0.1) is 0 Å². The molecule has 0 atom stereocenters. The lowest BCUT2D eigenvalue weighted by Crippen LogP contribution is -2.03. The van der Waals surface area contributed by atoms with Gasteiger partial charge < -0.3 is 14.8 Å². The number of para-hydroxylation sites is 1. The number of fused-ring (bicyclic) bond motifs is 1. The van der Waals surface area contributed by atoms with Crippen molar-refractivity contribution in [2.24, 2.45) is 4.99 Å². The highest BCUT2D eigenvalue weighted by molar-refractivity contribution is 6.32. The second-order valence-electron chi connectivity index (χ2n) is 7.18. The number of anilines is 2. The van der Waals surface area contributed by atoms with E-state index in [1.807, 2.05) is 18.2 Å². The molecule has 0 radical (unpaired) electrons. The lowest BCUT2D eigenvalue weighted by atomic mass is 10.1. The molecule has 160 valence electrons. The number of ether oxygens (including phenoxy) is 2. The molecule has 1 aliphatic heterocycles. The summed E-state index contributed by atoms with van der Waals surface area (Å²) in [6.45, 7) is 1.34. The maximum atomic E-state index is 13.9. The van der Waals surface area contributed by atoms with Crippen LogP contribution in [0.2, 0.25) is 5.02 Å². The minimum atomic E-state index is -0.456. The third-order valence-corrected chi connectivity index (χ3v) is 5.25. The Balaban J connectivity index is 1.40. The van der Waals surface area contributed by atoms with Crippen LogP contribution in [0, 0.1) is 5.82 Å². The normalized spacial score (nSPS) is 13.0. The van der Waals surface area contributed by atoms with Gasteiger partial charge in [-0.2, -0.15) is 0 Å². The molecule has 1 N–H and O–H groups in total. The van der Waals surface area contributed by atoms with Crippen molar-refractivity contribution in [3.8, 4) is 11.5 Å². The van der Waals surface area contributed by atoms with Crippen LogP contribution >= 0.6 is 11.6 Å². The van der Waals surface area contributed by atoms with Gasteiger partial charge in [0.15, 0.2) is 17.5 Å². The van der Waals surface area contributed by atoms with Gasteiger partial charge in [-0.3, -0.25) is 4.99 Å². The van der Waals surface area contributed by atoms with Gasteiger partial charge in [-0.25, -0.2) is 14.4 Å². The molecule has 3 aromatic carbocycles. The fourth-order valence-corrected chi connectivity index (χ4v) is 3.64. The highest BCUT2D eigenvalue weighted by Gasteiger charge is 2.12. The molecule has 1 aromatic heterocycles. The van der Waals surface area contributed by atoms with Crippen molar-refractivity contribution in [1.29, 1.82) is 0 Å². The second kappa shape index (κ2) is 8.80. The highest BCUT2D eigenvalue weighted by Crippen LogP contribution is 2.34. The first-order chi connectivity index (χ1) is 15.7. The van der Waals surface area contributed by atoms with Crippen LogP contribution in [0.15, 0.2) is 72.0 Å². The molecule has 4 aromatic rings. The molecule has 0 saturated carbocycles. The number of rotatable bonds is 6. The van der Waals surface area contributed by atoms with E-state index in [-0.39, 0.29) is 5.75 Å². The predicted molar refractivity (Wildman–Crippen MR) is 123 cm³/mol. The van der Waals surface area contributed by atoms with E-state index in [2.05, 4.69) is 20.3 Å². The summed E-state index contributed by atoms with van der Waals surface area (Å²) >= 11 is 6.39. The Labute approximate surface area is 188 Å². The number of halogens is 2. The van der Waals surface area contributed by atoms with Crippen LogP contribution < -0.4 is 10.1 Å². The maximum Gasteiger partial charge on any atom is 0.187 e. The third kappa shape index (κ3) is 4.33. The number of nitrogens with one attached hydrogen (secondary N) is 1. The summed E-state index contributed by atoms with van der Waals surface area (Å²) in [7, 11) is 0. The monoisotopic (exact) mass is 448 g/mol. The zero-order valence-corrected chi connectivity index (χ0v) is 17.6. The number of hydrogen-bond donors (Lipinski definition) is 1. The van der Waals surface area contributed by atoms with E-state index >= 15 is 0 Å². The summed E-state index contributed by atoms with van der Waals surface area (Å²) in [6, 6.07) is 17.3. The molecule has 6 nitrogen and oxygen atoms in total. The first kappa shape index (κ1) is 20.2. The van der Waals surface area contributed by atoms with Gasteiger partial charge in [0.1, 0.15) is 24.5 Å². The number of benzene rings is 3. The molecule has 0 bridgehead atoms. The molecule has 0 spiro atoms. The SMILES string of the molecule is Fc1ccccc1Oc1ccc(Nc2ncnc3ccc(CC4=NCCO4)cc23)cc1Cl. The van der Waals surface area contributed by atoms with E-state index in [0.717, 1.165) is 22.4 Å². The molecule has 5 rings (SSSR count). The molecule has 0 fully saturated rings. The number of hydrogen-bond acceptors (Lipinski definition) is 6. The molecular weight excluding hydrogens is 431 g/mol. The van der Waals surface area contributed by atoms with E-state index in [9.17, 15) is 4.39 Å². The van der Waals surface area contributed by atoms with Crippen molar-refractivity contribution in [3.63, 3.8) is 0 Å². The Bertz CT molecular complexity index is 1330. The molecule has 0 unspecified atom stereocenters. The summed E-state index contributed by atoms with van der Waals surface area (Å²) < 4.78 is 25.0. The fourth-order valence-electron chi connectivity index (χ4n) is 3.42. The van der Waals surface area contributed by atoms with E-state index in [0.29, 0.717) is 41.8 Å². The molecule has 1 aliphatic rings. The first-order valence-electron chi connectivity index (χ1n) is 10.0. The summed E-state index contributed by atoms with van der Waals surface area (Å²) in [4.78, 5) is 13.1. The van der Waals surface area contributed by atoms with Gasteiger partial charge >= 0.3 is 0 Å². The highest BCUT2D eigenvalue weighted by atomic mass is 35.5. The number of aromatic nitrogens is 2. The van der Waals surface area contributed by atoms with Crippen molar-refractivity contribution in [2.45, 2.75) is 6.42 Å². The third-order valence-electron chi connectivity index (χ3n) is 4.95. The zero-order valence-electron chi connectivity index (χ0n) is 16.9. The van der Waals surface area contributed by atoms with Crippen LogP contribution in [0.25, 0.3) is 10.9 Å². The van der Waals surface area contributed by atoms with Gasteiger partial charge in [0.25, 0.3) is 0 Å². The van der Waals surface area contributed by atoms with E-state index in [1.165, 1.54) is 12.4 Å². The average molecular weight is 449 g/mol. The van der Waals surface area contributed by atoms with Gasteiger partial charge in [0.2, 0.25) is 0 Å². The minimum absolute atomic E-state index is 0.111. The molecule has 2 heterocycles. The molecule has 32 heavy (non-hydrogen) atoms. The zero-order chi connectivity index (χ0) is 21.9. The molecule has 8 heteroatoms. The van der Waals surface area contributed by atoms with Gasteiger partial charge in [0.05, 0.1) is 17.1 Å². The van der Waals surface area contributed by atoms with Crippen LogP contribution in [0.3, 0.4) is 0 Å². The van der Waals surface area contributed by atoms with Crippen molar-refractivity contribution in [3.05, 3.63) is 83.4 Å². The average Bonchev–Trinajstić information content (AvgIpc) is 3.30. The quantitative estimate of drug-likeness (QED) is 0.396. The topological polar surface area (TPSA) is 68.6 Å². The number of aliphatic imine (C=N–C) groups is 1. The lowest BCUT2D eigenvalue weighted by Gasteiger charge is -2.12. The van der Waals surface area contributed by atoms with Crippen LogP contribution in [-0.4, -0.2) is 29.0 Å². The van der Waals surface area contributed by atoms with Gasteiger partial charge in [-0.05, 0) is 48.0 Å². The molecule has 0 amide bonds. The summed E-state index contributed by atoms with van der Waals surface area (Å²) in [5, 5.41) is 4.49. The predicted octanol–water partition coefficient (Wildman–Crippen LogP) is 5.93. The smallest absolute Gasteiger partial charge is 0.187 e. The van der Waals surface area contributed by atoms with Crippen LogP contribution in [0.4, 0.5) is 15.9 Å². The second-order valence-corrected chi connectivity index (χ2v) is 7.58. The molecule has 0 aliphatic carbocycles. The maximum absolute atomic E-state index is 13.9. The van der Waals surface area contributed by atoms with E-state index in [1.54, 1.807) is 36.4 Å². The first-order valence-corrected chi connectivity index (χ1v) is 10.4. The Morgan fingerprint density at radius 3 is 2.75 bits per heavy atom. The Morgan fingerprint density at radius 2 is 1.94 bits per heavy atom. The van der Waals surface area contributed by atoms with Crippen LogP contribution in [0.5, 0.6) is 11.5 Å². The Kier molecular flexibility index (Phi) is 5.56.